The van der Waals surface area contributed by atoms with Gasteiger partial charge in [-0.05, 0) is 37.7 Å². The highest BCUT2D eigenvalue weighted by molar-refractivity contribution is 5.22. The Morgan fingerprint density at radius 1 is 1.31 bits per heavy atom. The Balaban J connectivity index is 2.93. The van der Waals surface area contributed by atoms with Crippen LogP contribution in [0.4, 0.5) is 8.78 Å². The second-order valence-corrected chi connectivity index (χ2v) is 4.23. The second kappa shape index (κ2) is 3.77. The lowest BCUT2D eigenvalue weighted by Crippen LogP contribution is -2.25. The molecule has 0 atom stereocenters. The maximum atomic E-state index is 13.4. The molecule has 2 heteroatoms. The molecule has 0 amide bonds. The molecule has 0 N–H and O–H groups in total. The predicted molar refractivity (Wildman–Crippen MR) is 51.0 cm³/mol. The van der Waals surface area contributed by atoms with Crippen LogP contribution in [0.2, 0.25) is 0 Å². The predicted octanol–water partition coefficient (Wildman–Crippen LogP) is 4.17. The van der Waals surface area contributed by atoms with Gasteiger partial charge in [-0.15, -0.1) is 0 Å². The minimum atomic E-state index is -2.52. The van der Waals surface area contributed by atoms with Gasteiger partial charge in [0.1, 0.15) is 0 Å². The summed E-state index contributed by atoms with van der Waals surface area (Å²) in [5.41, 5.74) is 1.30. The van der Waals surface area contributed by atoms with E-state index in [0.717, 1.165) is 12.0 Å². The van der Waals surface area contributed by atoms with Crippen LogP contribution in [0.3, 0.4) is 0 Å². The van der Waals surface area contributed by atoms with Gasteiger partial charge in [0.15, 0.2) is 0 Å². The summed E-state index contributed by atoms with van der Waals surface area (Å²) in [7, 11) is 0. The molecule has 0 saturated heterocycles. The molecule has 76 valence electrons. The zero-order valence-electron chi connectivity index (χ0n) is 8.66. The summed E-state index contributed by atoms with van der Waals surface area (Å²) in [5, 5.41) is 0. The van der Waals surface area contributed by atoms with Gasteiger partial charge in [-0.2, -0.15) is 0 Å². The van der Waals surface area contributed by atoms with Crippen molar-refractivity contribution >= 4 is 0 Å². The number of allylic oxidation sites excluding steroid dienone is 2. The Bertz CT molecular complexity index is 214. The Hall–Kier alpha value is -0.400. The summed E-state index contributed by atoms with van der Waals surface area (Å²) in [6, 6.07) is 0. The van der Waals surface area contributed by atoms with Crippen molar-refractivity contribution in [3.63, 3.8) is 0 Å². The number of hydrogen-bond donors (Lipinski definition) is 0. The largest absolute Gasteiger partial charge is 0.269 e. The van der Waals surface area contributed by atoms with Gasteiger partial charge < -0.3 is 0 Å². The molecular weight excluding hydrogens is 170 g/mol. The van der Waals surface area contributed by atoms with E-state index in [2.05, 4.69) is 0 Å². The van der Waals surface area contributed by atoms with Gasteiger partial charge in [-0.25, -0.2) is 8.78 Å². The smallest absolute Gasteiger partial charge is 0.202 e. The van der Waals surface area contributed by atoms with Gasteiger partial charge in [0.2, 0.25) is 0 Å². The number of rotatable bonds is 1. The third-order valence-corrected chi connectivity index (χ3v) is 2.95. The first kappa shape index (κ1) is 10.7. The van der Waals surface area contributed by atoms with E-state index in [1.54, 1.807) is 0 Å². The monoisotopic (exact) mass is 188 g/mol. The maximum absolute atomic E-state index is 13.4. The zero-order chi connectivity index (χ0) is 10.1. The van der Waals surface area contributed by atoms with E-state index in [1.165, 1.54) is 0 Å². The Morgan fingerprint density at radius 2 is 1.92 bits per heavy atom. The van der Waals surface area contributed by atoms with Crippen LogP contribution in [-0.4, -0.2) is 5.92 Å². The molecule has 0 unspecified atom stereocenters. The van der Waals surface area contributed by atoms with Crippen molar-refractivity contribution in [1.82, 2.24) is 0 Å². The summed E-state index contributed by atoms with van der Waals surface area (Å²) in [6.07, 6.45) is 2.24. The summed E-state index contributed by atoms with van der Waals surface area (Å²) in [5.74, 6) is -2.27. The molecule has 1 rings (SSSR count). The van der Waals surface area contributed by atoms with E-state index in [-0.39, 0.29) is 12.3 Å². The topological polar surface area (TPSA) is 0 Å². The highest BCUT2D eigenvalue weighted by atomic mass is 19.3. The van der Waals surface area contributed by atoms with E-state index >= 15 is 0 Å². The minimum Gasteiger partial charge on any atom is -0.202 e. The summed E-state index contributed by atoms with van der Waals surface area (Å²) >= 11 is 0. The zero-order valence-corrected chi connectivity index (χ0v) is 8.66. The van der Waals surface area contributed by atoms with Crippen LogP contribution in [-0.2, 0) is 0 Å². The minimum absolute atomic E-state index is 0.0480. The van der Waals surface area contributed by atoms with Gasteiger partial charge in [0, 0.05) is 6.42 Å². The first-order valence-corrected chi connectivity index (χ1v) is 5.03. The average molecular weight is 188 g/mol. The fourth-order valence-electron chi connectivity index (χ4n) is 1.82. The lowest BCUT2D eigenvalue weighted by atomic mass is 9.85. The quantitative estimate of drug-likeness (QED) is 0.542. The Labute approximate surface area is 79.0 Å². The van der Waals surface area contributed by atoms with E-state index in [9.17, 15) is 8.78 Å². The van der Waals surface area contributed by atoms with Crippen LogP contribution in [0.5, 0.6) is 0 Å². The van der Waals surface area contributed by atoms with Crippen LogP contribution in [0.25, 0.3) is 0 Å². The first-order valence-electron chi connectivity index (χ1n) is 5.03. The molecule has 1 aliphatic carbocycles. The Morgan fingerprint density at radius 3 is 2.38 bits per heavy atom. The van der Waals surface area contributed by atoms with Crippen molar-refractivity contribution < 1.29 is 8.78 Å². The van der Waals surface area contributed by atoms with Crippen molar-refractivity contribution in [3.8, 4) is 0 Å². The molecule has 0 nitrogen and oxygen atoms in total. The third-order valence-electron chi connectivity index (χ3n) is 2.95. The SMILES string of the molecule is C/C(=C1/CCCCC1(F)F)C(C)C. The average Bonchev–Trinajstić information content (AvgIpc) is 2.02. The molecule has 0 aliphatic heterocycles. The first-order chi connectivity index (χ1) is 5.95. The normalized spacial score (nSPS) is 26.3. The molecule has 0 aromatic rings. The van der Waals surface area contributed by atoms with Crippen LogP contribution >= 0.6 is 0 Å². The molecule has 1 fully saturated rings. The van der Waals surface area contributed by atoms with Gasteiger partial charge in [-0.3, -0.25) is 0 Å². The maximum Gasteiger partial charge on any atom is 0.269 e. The molecule has 0 radical (unpaired) electrons. The molecule has 0 aromatic carbocycles. The van der Waals surface area contributed by atoms with Crippen LogP contribution in [0.1, 0.15) is 46.5 Å². The van der Waals surface area contributed by atoms with Crippen molar-refractivity contribution in [1.29, 1.82) is 0 Å². The highest BCUT2D eigenvalue weighted by Crippen LogP contribution is 2.40. The van der Waals surface area contributed by atoms with Crippen LogP contribution < -0.4 is 0 Å². The molecule has 13 heavy (non-hydrogen) atoms. The van der Waals surface area contributed by atoms with Crippen molar-refractivity contribution in [2.75, 3.05) is 0 Å². The van der Waals surface area contributed by atoms with Gasteiger partial charge >= 0.3 is 0 Å². The van der Waals surface area contributed by atoms with Crippen molar-refractivity contribution in [2.45, 2.75) is 52.4 Å². The van der Waals surface area contributed by atoms with Gasteiger partial charge in [0.05, 0.1) is 0 Å². The standard InChI is InChI=1S/C11H18F2/c1-8(2)9(3)10-6-4-5-7-11(10,12)13/h8H,4-7H2,1-3H3/b10-9+. The highest BCUT2D eigenvalue weighted by Gasteiger charge is 2.37. The van der Waals surface area contributed by atoms with E-state index in [4.69, 9.17) is 0 Å². The second-order valence-electron chi connectivity index (χ2n) is 4.23. The fraction of sp³-hybridized carbons (Fsp3) is 0.818. The Kier molecular flexibility index (Phi) is 3.09. The molecule has 1 saturated carbocycles. The molecule has 0 spiro atoms. The number of alkyl halides is 2. The van der Waals surface area contributed by atoms with Gasteiger partial charge in [-0.1, -0.05) is 19.4 Å². The molecular formula is C11H18F2. The summed E-state index contributed by atoms with van der Waals surface area (Å²) in [6.45, 7) is 5.80. The van der Waals surface area contributed by atoms with Gasteiger partial charge in [0.25, 0.3) is 5.92 Å². The number of halogens is 2. The van der Waals surface area contributed by atoms with Crippen molar-refractivity contribution in [3.05, 3.63) is 11.1 Å². The lowest BCUT2D eigenvalue weighted by molar-refractivity contribution is 0.0135. The van der Waals surface area contributed by atoms with E-state index in [0.29, 0.717) is 18.4 Å². The molecule has 0 aromatic heterocycles. The van der Waals surface area contributed by atoms with E-state index in [1.807, 2.05) is 20.8 Å². The van der Waals surface area contributed by atoms with Crippen LogP contribution in [0.15, 0.2) is 11.1 Å². The van der Waals surface area contributed by atoms with E-state index < -0.39 is 5.92 Å². The third kappa shape index (κ3) is 2.29. The molecule has 0 bridgehead atoms. The van der Waals surface area contributed by atoms with Crippen molar-refractivity contribution in [2.24, 2.45) is 5.92 Å². The fourth-order valence-corrected chi connectivity index (χ4v) is 1.82. The summed E-state index contributed by atoms with van der Waals surface area (Å²) in [4.78, 5) is 0. The van der Waals surface area contributed by atoms with Crippen LogP contribution in [0, 0.1) is 5.92 Å². The summed E-state index contributed by atoms with van der Waals surface area (Å²) < 4.78 is 26.8. The molecule has 0 heterocycles. The number of hydrogen-bond acceptors (Lipinski definition) is 0. The lowest BCUT2D eigenvalue weighted by Gasteiger charge is -2.28. The molecule has 1 aliphatic rings.